The lowest BCUT2D eigenvalue weighted by Gasteiger charge is -2.36. The van der Waals surface area contributed by atoms with E-state index in [1.165, 1.54) is 4.70 Å². The van der Waals surface area contributed by atoms with Gasteiger partial charge in [-0.15, -0.1) is 11.3 Å². The summed E-state index contributed by atoms with van der Waals surface area (Å²) < 4.78 is 1.17. The highest BCUT2D eigenvalue weighted by Crippen LogP contribution is 2.34. The fraction of sp³-hybridized carbons (Fsp3) is 0.360. The number of aromatic nitrogens is 1. The van der Waals surface area contributed by atoms with Crippen molar-refractivity contribution >= 4 is 33.0 Å². The number of allylic oxidation sites excluding steroid dienone is 4. The summed E-state index contributed by atoms with van der Waals surface area (Å²) in [5.41, 5.74) is 5.30. The summed E-state index contributed by atoms with van der Waals surface area (Å²) in [6.45, 7) is 9.29. The predicted molar refractivity (Wildman–Crippen MR) is 127 cm³/mol. The molecule has 1 fully saturated rings. The van der Waals surface area contributed by atoms with Crippen LogP contribution in [-0.4, -0.2) is 46.4 Å². The summed E-state index contributed by atoms with van der Waals surface area (Å²) in [7, 11) is 0. The molecule has 3 aliphatic rings. The van der Waals surface area contributed by atoms with Crippen LogP contribution in [0, 0.1) is 12.8 Å². The minimum atomic E-state index is 0.0124. The van der Waals surface area contributed by atoms with Gasteiger partial charge in [-0.05, 0) is 61.6 Å². The lowest BCUT2D eigenvalue weighted by Crippen LogP contribution is -2.48. The maximum atomic E-state index is 13.4. The Morgan fingerprint density at radius 2 is 2.03 bits per heavy atom. The number of carbonyl (C=O) groups excluding carboxylic acids is 1. The Labute approximate surface area is 187 Å². The molecular formula is C25H28N4OS. The predicted octanol–water partition coefficient (Wildman–Crippen LogP) is 4.45. The molecule has 0 spiro atoms. The summed E-state index contributed by atoms with van der Waals surface area (Å²) in [6.07, 6.45) is 11.1. The van der Waals surface area contributed by atoms with Gasteiger partial charge in [-0.2, -0.15) is 0 Å². The molecule has 2 unspecified atom stereocenters. The molecule has 0 radical (unpaired) electrons. The fourth-order valence-corrected chi connectivity index (χ4v) is 5.43. The SMILES string of the molecule is Cc1nc2ccc(C3=CC(=O)N4C=C(N5CCNC(C)C5)C=CC4=CCC3C)cc2s1. The van der Waals surface area contributed by atoms with E-state index in [1.807, 2.05) is 24.1 Å². The summed E-state index contributed by atoms with van der Waals surface area (Å²) in [6, 6.07) is 6.80. The van der Waals surface area contributed by atoms with Crippen LogP contribution in [-0.2, 0) is 4.79 Å². The van der Waals surface area contributed by atoms with Gasteiger partial charge in [0.05, 0.1) is 20.9 Å². The van der Waals surface area contributed by atoms with Crippen LogP contribution >= 0.6 is 11.3 Å². The first-order chi connectivity index (χ1) is 15.0. The number of hydrogen-bond donors (Lipinski definition) is 1. The van der Waals surface area contributed by atoms with E-state index in [0.717, 1.165) is 59.1 Å². The Balaban J connectivity index is 1.48. The summed E-state index contributed by atoms with van der Waals surface area (Å²) in [5, 5.41) is 4.54. The molecule has 0 saturated carbocycles. The summed E-state index contributed by atoms with van der Waals surface area (Å²) >= 11 is 1.70. The second kappa shape index (κ2) is 8.09. The minimum Gasteiger partial charge on any atom is -0.368 e. The molecule has 2 aromatic rings. The van der Waals surface area contributed by atoms with Gasteiger partial charge in [0.25, 0.3) is 5.91 Å². The van der Waals surface area contributed by atoms with Gasteiger partial charge in [-0.1, -0.05) is 19.1 Å². The van der Waals surface area contributed by atoms with E-state index >= 15 is 0 Å². The normalized spacial score (nSPS) is 24.4. The van der Waals surface area contributed by atoms with Crippen molar-refractivity contribution in [1.82, 2.24) is 20.1 Å². The number of hydrogen-bond acceptors (Lipinski definition) is 5. The second-order valence-corrected chi connectivity index (χ2v) is 9.91. The standard InChI is InChI=1S/C25H28N4OS/c1-16-4-6-20-7-8-21(28-11-10-26-17(2)14-28)15-29(20)25(30)13-22(16)19-5-9-23-24(12-19)31-18(3)27-23/h5-9,12-13,15-17,26H,4,10-11,14H2,1-3H3. The van der Waals surface area contributed by atoms with Crippen molar-refractivity contribution in [2.45, 2.75) is 33.2 Å². The average molecular weight is 433 g/mol. The third kappa shape index (κ3) is 3.98. The maximum Gasteiger partial charge on any atom is 0.255 e. The van der Waals surface area contributed by atoms with Crippen LogP contribution in [0.1, 0.15) is 30.8 Å². The second-order valence-electron chi connectivity index (χ2n) is 8.68. The molecule has 4 heterocycles. The van der Waals surface area contributed by atoms with Gasteiger partial charge in [0.1, 0.15) is 0 Å². The van der Waals surface area contributed by atoms with E-state index in [4.69, 9.17) is 0 Å². The van der Waals surface area contributed by atoms with Crippen LogP contribution in [0.3, 0.4) is 0 Å². The number of piperazine rings is 1. The highest BCUT2D eigenvalue weighted by atomic mass is 32.1. The molecule has 2 atom stereocenters. The smallest absolute Gasteiger partial charge is 0.255 e. The third-order valence-electron chi connectivity index (χ3n) is 6.25. The van der Waals surface area contributed by atoms with Gasteiger partial charge in [-0.3, -0.25) is 9.69 Å². The Morgan fingerprint density at radius 1 is 1.19 bits per heavy atom. The molecule has 6 heteroatoms. The quantitative estimate of drug-likeness (QED) is 0.762. The van der Waals surface area contributed by atoms with Crippen molar-refractivity contribution in [3.8, 4) is 0 Å². The molecule has 31 heavy (non-hydrogen) atoms. The third-order valence-corrected chi connectivity index (χ3v) is 7.19. The first kappa shape index (κ1) is 20.2. The van der Waals surface area contributed by atoms with Crippen LogP contribution in [0.4, 0.5) is 0 Å². The van der Waals surface area contributed by atoms with Gasteiger partial charge >= 0.3 is 0 Å². The Hall–Kier alpha value is -2.70. The Bertz CT molecular complexity index is 1160. The van der Waals surface area contributed by atoms with Gasteiger partial charge < -0.3 is 10.2 Å². The van der Waals surface area contributed by atoms with E-state index < -0.39 is 0 Å². The molecule has 0 bridgehead atoms. The van der Waals surface area contributed by atoms with Crippen LogP contribution in [0.15, 0.2) is 60.1 Å². The van der Waals surface area contributed by atoms with Crippen molar-refractivity contribution in [1.29, 1.82) is 0 Å². The van der Waals surface area contributed by atoms with E-state index in [2.05, 4.69) is 65.5 Å². The molecule has 1 saturated heterocycles. The highest BCUT2D eigenvalue weighted by molar-refractivity contribution is 7.18. The van der Waals surface area contributed by atoms with Crippen LogP contribution in [0.5, 0.6) is 0 Å². The zero-order valence-electron chi connectivity index (χ0n) is 18.3. The number of nitrogens with one attached hydrogen (secondary N) is 1. The Kier molecular flexibility index (Phi) is 5.28. The van der Waals surface area contributed by atoms with Gasteiger partial charge in [-0.25, -0.2) is 4.98 Å². The largest absolute Gasteiger partial charge is 0.368 e. The molecule has 1 amide bonds. The first-order valence-electron chi connectivity index (χ1n) is 11.0. The molecule has 5 nitrogen and oxygen atoms in total. The van der Waals surface area contributed by atoms with E-state index in [0.29, 0.717) is 6.04 Å². The number of amides is 1. The van der Waals surface area contributed by atoms with Crippen LogP contribution in [0.25, 0.3) is 15.8 Å². The highest BCUT2D eigenvalue weighted by Gasteiger charge is 2.25. The number of thiazole rings is 1. The molecular weight excluding hydrogens is 404 g/mol. The first-order valence-corrected chi connectivity index (χ1v) is 11.8. The lowest BCUT2D eigenvalue weighted by atomic mass is 9.89. The molecule has 0 aliphatic carbocycles. The number of rotatable bonds is 2. The van der Waals surface area contributed by atoms with Crippen molar-refractivity contribution < 1.29 is 4.79 Å². The number of carbonyl (C=O) groups is 1. The van der Waals surface area contributed by atoms with E-state index in [9.17, 15) is 4.79 Å². The lowest BCUT2D eigenvalue weighted by molar-refractivity contribution is -0.122. The monoisotopic (exact) mass is 432 g/mol. The van der Waals surface area contributed by atoms with Crippen molar-refractivity contribution in [2.24, 2.45) is 5.92 Å². The average Bonchev–Trinajstić information content (AvgIpc) is 3.14. The summed E-state index contributed by atoms with van der Waals surface area (Å²) in [5.74, 6) is 0.274. The molecule has 160 valence electrons. The van der Waals surface area contributed by atoms with Crippen LogP contribution < -0.4 is 5.32 Å². The molecule has 1 N–H and O–H groups in total. The zero-order chi connectivity index (χ0) is 21.5. The van der Waals surface area contributed by atoms with Crippen molar-refractivity contribution in [2.75, 3.05) is 19.6 Å². The molecule has 3 aliphatic heterocycles. The molecule has 1 aromatic carbocycles. The van der Waals surface area contributed by atoms with Gasteiger partial charge in [0.15, 0.2) is 0 Å². The number of benzene rings is 1. The number of aryl methyl sites for hydroxylation is 1. The van der Waals surface area contributed by atoms with Gasteiger partial charge in [0.2, 0.25) is 0 Å². The number of nitrogens with zero attached hydrogens (tertiary/aromatic N) is 3. The topological polar surface area (TPSA) is 48.5 Å². The van der Waals surface area contributed by atoms with E-state index in [-0.39, 0.29) is 11.8 Å². The van der Waals surface area contributed by atoms with Crippen LogP contribution in [0.2, 0.25) is 0 Å². The molecule has 1 aromatic heterocycles. The summed E-state index contributed by atoms with van der Waals surface area (Å²) in [4.78, 5) is 22.1. The van der Waals surface area contributed by atoms with Gasteiger partial charge in [0, 0.05) is 43.6 Å². The minimum absolute atomic E-state index is 0.0124. The maximum absolute atomic E-state index is 13.4. The molecule has 5 rings (SSSR count). The zero-order valence-corrected chi connectivity index (χ0v) is 19.1. The van der Waals surface area contributed by atoms with Crippen molar-refractivity contribution in [3.05, 3.63) is 70.7 Å². The fourth-order valence-electron chi connectivity index (χ4n) is 4.57. The Morgan fingerprint density at radius 3 is 2.87 bits per heavy atom. The van der Waals surface area contributed by atoms with E-state index in [1.54, 1.807) is 11.3 Å². The number of fused-ring (bicyclic) bond motifs is 2. The van der Waals surface area contributed by atoms with Crippen molar-refractivity contribution in [3.63, 3.8) is 0 Å².